The summed E-state index contributed by atoms with van der Waals surface area (Å²) in [6.07, 6.45) is 3.76. The molecule has 0 N–H and O–H groups in total. The highest BCUT2D eigenvalue weighted by atomic mass is 15.3. The van der Waals surface area contributed by atoms with E-state index in [0.29, 0.717) is 5.95 Å². The van der Waals surface area contributed by atoms with E-state index in [-0.39, 0.29) is 0 Å². The minimum atomic E-state index is -0.661. The molecular formula is C28H22N4. The second-order valence-electron chi connectivity index (χ2n) is 7.44. The summed E-state index contributed by atoms with van der Waals surface area (Å²) in [6.45, 7) is 0. The number of hydrogen-bond donors (Lipinski definition) is 0. The SMILES string of the molecule is c1ccc(/N=N/c2nccn2C(c2ccccc2)(c2ccccc2)c2ccccc2)cc1. The molecule has 4 aromatic carbocycles. The zero-order valence-electron chi connectivity index (χ0n) is 17.5. The van der Waals surface area contributed by atoms with E-state index in [1.54, 1.807) is 6.20 Å². The van der Waals surface area contributed by atoms with E-state index in [1.807, 2.05) is 54.7 Å². The van der Waals surface area contributed by atoms with Crippen LogP contribution in [0.1, 0.15) is 16.7 Å². The Hall–Kier alpha value is -4.31. The number of aromatic nitrogens is 2. The highest BCUT2D eigenvalue weighted by Gasteiger charge is 2.39. The van der Waals surface area contributed by atoms with Crippen molar-refractivity contribution in [1.29, 1.82) is 0 Å². The monoisotopic (exact) mass is 414 g/mol. The molecule has 1 heterocycles. The summed E-state index contributed by atoms with van der Waals surface area (Å²) in [6, 6.07) is 41.1. The summed E-state index contributed by atoms with van der Waals surface area (Å²) in [5.74, 6) is 0.533. The van der Waals surface area contributed by atoms with Crippen LogP contribution in [0, 0.1) is 0 Å². The third kappa shape index (κ3) is 3.52. The smallest absolute Gasteiger partial charge is 0.250 e. The average Bonchev–Trinajstić information content (AvgIpc) is 3.35. The molecule has 0 bridgehead atoms. The van der Waals surface area contributed by atoms with E-state index >= 15 is 0 Å². The van der Waals surface area contributed by atoms with Crippen molar-refractivity contribution in [2.24, 2.45) is 10.2 Å². The Balaban J connectivity index is 1.79. The van der Waals surface area contributed by atoms with Crippen LogP contribution in [0.15, 0.2) is 144 Å². The summed E-state index contributed by atoms with van der Waals surface area (Å²) in [7, 11) is 0. The molecule has 4 heteroatoms. The fourth-order valence-electron chi connectivity index (χ4n) is 4.18. The number of rotatable bonds is 6. The lowest BCUT2D eigenvalue weighted by Gasteiger charge is -2.37. The van der Waals surface area contributed by atoms with Gasteiger partial charge in [0, 0.05) is 12.4 Å². The lowest BCUT2D eigenvalue weighted by molar-refractivity contribution is 0.517. The van der Waals surface area contributed by atoms with Gasteiger partial charge in [-0.2, -0.15) is 0 Å². The van der Waals surface area contributed by atoms with Crippen LogP contribution in [0.3, 0.4) is 0 Å². The van der Waals surface area contributed by atoms with Crippen LogP contribution >= 0.6 is 0 Å². The molecule has 32 heavy (non-hydrogen) atoms. The third-order valence-corrected chi connectivity index (χ3v) is 5.57. The summed E-state index contributed by atoms with van der Waals surface area (Å²) >= 11 is 0. The van der Waals surface area contributed by atoms with Gasteiger partial charge in [0.15, 0.2) is 0 Å². The quantitative estimate of drug-likeness (QED) is 0.215. The first kappa shape index (κ1) is 19.6. The minimum absolute atomic E-state index is 0.533. The summed E-state index contributed by atoms with van der Waals surface area (Å²) in [5.41, 5.74) is 3.47. The van der Waals surface area contributed by atoms with Gasteiger partial charge < -0.3 is 0 Å². The second-order valence-corrected chi connectivity index (χ2v) is 7.44. The average molecular weight is 415 g/mol. The minimum Gasteiger partial charge on any atom is -0.296 e. The Bertz CT molecular complexity index is 1200. The predicted molar refractivity (Wildman–Crippen MR) is 127 cm³/mol. The molecular weight excluding hydrogens is 392 g/mol. The highest BCUT2D eigenvalue weighted by Crippen LogP contribution is 2.42. The molecule has 0 atom stereocenters. The number of imidazole rings is 1. The van der Waals surface area contributed by atoms with Crippen molar-refractivity contribution in [3.05, 3.63) is 150 Å². The van der Waals surface area contributed by atoms with Crippen molar-refractivity contribution < 1.29 is 0 Å². The predicted octanol–water partition coefficient (Wildman–Crippen LogP) is 7.14. The van der Waals surface area contributed by atoms with Crippen LogP contribution in [0.4, 0.5) is 11.6 Å². The lowest BCUT2D eigenvalue weighted by atomic mass is 9.76. The zero-order chi connectivity index (χ0) is 21.6. The summed E-state index contributed by atoms with van der Waals surface area (Å²) < 4.78 is 2.11. The van der Waals surface area contributed by atoms with Crippen LogP contribution in [-0.4, -0.2) is 9.55 Å². The third-order valence-electron chi connectivity index (χ3n) is 5.57. The first-order valence-electron chi connectivity index (χ1n) is 10.6. The molecule has 1 aromatic heterocycles. The maximum atomic E-state index is 4.58. The molecule has 0 saturated carbocycles. The van der Waals surface area contributed by atoms with Crippen molar-refractivity contribution in [1.82, 2.24) is 9.55 Å². The Labute approximate surface area is 187 Å². The van der Waals surface area contributed by atoms with Crippen molar-refractivity contribution in [3.8, 4) is 0 Å². The first-order valence-corrected chi connectivity index (χ1v) is 10.6. The van der Waals surface area contributed by atoms with E-state index in [9.17, 15) is 0 Å². The van der Waals surface area contributed by atoms with Gasteiger partial charge in [0.1, 0.15) is 5.54 Å². The molecule has 0 amide bonds. The number of hydrogen-bond acceptors (Lipinski definition) is 3. The van der Waals surface area contributed by atoms with Gasteiger partial charge in [0.05, 0.1) is 5.69 Å². The molecule has 0 fully saturated rings. The van der Waals surface area contributed by atoms with Crippen LogP contribution in [0.5, 0.6) is 0 Å². The van der Waals surface area contributed by atoms with Gasteiger partial charge in [-0.1, -0.05) is 109 Å². The topological polar surface area (TPSA) is 42.5 Å². The Morgan fingerprint density at radius 2 is 0.969 bits per heavy atom. The van der Waals surface area contributed by atoms with E-state index in [4.69, 9.17) is 0 Å². The van der Waals surface area contributed by atoms with E-state index in [0.717, 1.165) is 22.4 Å². The molecule has 0 aliphatic heterocycles. The van der Waals surface area contributed by atoms with E-state index in [1.165, 1.54) is 0 Å². The fourth-order valence-corrected chi connectivity index (χ4v) is 4.18. The van der Waals surface area contributed by atoms with Crippen LogP contribution < -0.4 is 0 Å². The summed E-state index contributed by atoms with van der Waals surface area (Å²) in [4.78, 5) is 4.58. The molecule has 0 aliphatic carbocycles. The molecule has 0 spiro atoms. The van der Waals surface area contributed by atoms with E-state index < -0.39 is 5.54 Å². The molecule has 0 unspecified atom stereocenters. The van der Waals surface area contributed by atoms with Gasteiger partial charge >= 0.3 is 0 Å². The van der Waals surface area contributed by atoms with Crippen LogP contribution in [0.25, 0.3) is 0 Å². The van der Waals surface area contributed by atoms with Gasteiger partial charge in [0.2, 0.25) is 0 Å². The molecule has 4 nitrogen and oxygen atoms in total. The Morgan fingerprint density at radius 1 is 0.531 bits per heavy atom. The van der Waals surface area contributed by atoms with Crippen molar-refractivity contribution >= 4 is 11.6 Å². The summed E-state index contributed by atoms with van der Waals surface area (Å²) in [5, 5.41) is 9.00. The van der Waals surface area contributed by atoms with Crippen molar-refractivity contribution in [2.75, 3.05) is 0 Å². The van der Waals surface area contributed by atoms with Gasteiger partial charge in [-0.05, 0) is 28.8 Å². The molecule has 0 radical (unpaired) electrons. The van der Waals surface area contributed by atoms with E-state index in [2.05, 4.69) is 92.6 Å². The number of benzene rings is 4. The van der Waals surface area contributed by atoms with Gasteiger partial charge in [-0.25, -0.2) is 4.98 Å². The Morgan fingerprint density at radius 3 is 1.44 bits per heavy atom. The number of nitrogens with zero attached hydrogens (tertiary/aromatic N) is 4. The maximum Gasteiger partial charge on any atom is 0.250 e. The molecule has 0 saturated heterocycles. The maximum absolute atomic E-state index is 4.58. The molecule has 0 aliphatic rings. The zero-order valence-corrected chi connectivity index (χ0v) is 17.5. The van der Waals surface area contributed by atoms with Crippen molar-refractivity contribution in [2.45, 2.75) is 5.54 Å². The van der Waals surface area contributed by atoms with Gasteiger partial charge in [-0.15, -0.1) is 10.2 Å². The lowest BCUT2D eigenvalue weighted by Crippen LogP contribution is -2.37. The normalized spacial score (nSPS) is 11.6. The highest BCUT2D eigenvalue weighted by molar-refractivity contribution is 5.52. The van der Waals surface area contributed by atoms with Gasteiger partial charge in [-0.3, -0.25) is 4.57 Å². The number of azo groups is 1. The molecule has 5 aromatic rings. The Kier molecular flexibility index (Phi) is 5.41. The van der Waals surface area contributed by atoms with Crippen LogP contribution in [0.2, 0.25) is 0 Å². The van der Waals surface area contributed by atoms with Crippen LogP contribution in [-0.2, 0) is 5.54 Å². The largest absolute Gasteiger partial charge is 0.296 e. The second kappa shape index (κ2) is 8.82. The standard InChI is InChI=1S/C28H22N4/c1-5-13-23(14-6-1)28(24-15-7-2-8-16-24,25-17-9-3-10-18-25)32-22-21-29-27(32)31-30-26-19-11-4-12-20-26/h1-22H/b31-30+. The first-order chi connectivity index (χ1) is 15.9. The fraction of sp³-hybridized carbons (Fsp3) is 0.0357. The van der Waals surface area contributed by atoms with Gasteiger partial charge in [0.25, 0.3) is 5.95 Å². The van der Waals surface area contributed by atoms with Crippen molar-refractivity contribution in [3.63, 3.8) is 0 Å². The molecule has 5 rings (SSSR count). The molecule has 154 valence electrons.